The highest BCUT2D eigenvalue weighted by Gasteiger charge is 2.09. The molecule has 0 saturated heterocycles. The maximum atomic E-state index is 11.4. The second-order valence-corrected chi connectivity index (χ2v) is 4.02. The zero-order chi connectivity index (χ0) is 15.2. The molecule has 0 aromatic heterocycles. The molecule has 0 radical (unpaired) electrons. The predicted molar refractivity (Wildman–Crippen MR) is 70.7 cm³/mol. The van der Waals surface area contributed by atoms with Crippen LogP contribution in [0, 0.1) is 0 Å². The van der Waals surface area contributed by atoms with Gasteiger partial charge in [-0.1, -0.05) is 10.2 Å². The molecule has 20 heavy (non-hydrogen) atoms. The lowest BCUT2D eigenvalue weighted by atomic mass is 10.0. The van der Waals surface area contributed by atoms with Crippen LogP contribution in [0.2, 0.25) is 0 Å². The number of azide groups is 2. The lowest BCUT2D eigenvalue weighted by Crippen LogP contribution is -2.08. The Morgan fingerprint density at radius 3 is 1.25 bits per heavy atom. The fourth-order valence-electron chi connectivity index (χ4n) is 1.37. The van der Waals surface area contributed by atoms with E-state index in [-0.39, 0.29) is 69.0 Å². The molecule has 0 aliphatic carbocycles. The Morgan fingerprint density at radius 2 is 0.950 bits per heavy atom. The number of carbonyl (C=O) groups excluding carboxylic acids is 3. The third-order valence-corrected chi connectivity index (χ3v) is 2.47. The Bertz CT molecular complexity index is 409. The molecule has 9 heteroatoms. The monoisotopic (exact) mass is 280 g/mol. The molecule has 0 amide bonds. The van der Waals surface area contributed by atoms with Crippen molar-refractivity contribution < 1.29 is 14.4 Å². The van der Waals surface area contributed by atoms with Crippen LogP contribution < -0.4 is 0 Å². The van der Waals surface area contributed by atoms with Crippen molar-refractivity contribution in [1.29, 1.82) is 0 Å². The van der Waals surface area contributed by atoms with Crippen LogP contribution in [-0.4, -0.2) is 30.4 Å². The number of hydrogen-bond donors (Lipinski definition) is 0. The molecule has 108 valence electrons. The van der Waals surface area contributed by atoms with Crippen molar-refractivity contribution in [3.8, 4) is 0 Å². The second kappa shape index (κ2) is 11.7. The van der Waals surface area contributed by atoms with Gasteiger partial charge in [-0.15, -0.1) is 0 Å². The molecule has 0 aromatic rings. The smallest absolute Gasteiger partial charge is 0.133 e. The first-order chi connectivity index (χ1) is 9.60. The van der Waals surface area contributed by atoms with Crippen LogP contribution in [0.5, 0.6) is 0 Å². The Labute approximate surface area is 115 Å². The highest BCUT2D eigenvalue weighted by atomic mass is 16.1. The fraction of sp³-hybridized carbons (Fsp3) is 0.727. The third-order valence-electron chi connectivity index (χ3n) is 2.47. The first kappa shape index (κ1) is 17.6. The summed E-state index contributed by atoms with van der Waals surface area (Å²) in [6.07, 6.45) is 0.654. The summed E-state index contributed by atoms with van der Waals surface area (Å²) in [7, 11) is 0. The molecule has 0 heterocycles. The minimum Gasteiger partial charge on any atom is -0.300 e. The van der Waals surface area contributed by atoms with Gasteiger partial charge in [0.2, 0.25) is 0 Å². The molecule has 0 aromatic carbocycles. The minimum absolute atomic E-state index is 0.0960. The molecule has 0 saturated carbocycles. The Kier molecular flexibility index (Phi) is 10.3. The SMILES string of the molecule is [N-]=[N+]=NCCC(=O)CCC(=O)CCC(=O)CCN=[N+]=[N-]. The lowest BCUT2D eigenvalue weighted by Gasteiger charge is -2.00. The summed E-state index contributed by atoms with van der Waals surface area (Å²) >= 11 is 0. The first-order valence-electron chi connectivity index (χ1n) is 6.17. The van der Waals surface area contributed by atoms with Crippen LogP contribution in [0.25, 0.3) is 20.9 Å². The van der Waals surface area contributed by atoms with Crippen molar-refractivity contribution in [3.63, 3.8) is 0 Å². The van der Waals surface area contributed by atoms with Crippen LogP contribution in [0.3, 0.4) is 0 Å². The summed E-state index contributed by atoms with van der Waals surface area (Å²) in [6.45, 7) is 0.197. The van der Waals surface area contributed by atoms with Crippen LogP contribution in [0.15, 0.2) is 10.2 Å². The van der Waals surface area contributed by atoms with E-state index in [2.05, 4.69) is 20.1 Å². The summed E-state index contributed by atoms with van der Waals surface area (Å²) in [5.74, 6) is -0.430. The topological polar surface area (TPSA) is 149 Å². The molecule has 9 nitrogen and oxygen atoms in total. The van der Waals surface area contributed by atoms with Crippen LogP contribution in [-0.2, 0) is 14.4 Å². The van der Waals surface area contributed by atoms with E-state index in [1.165, 1.54) is 0 Å². The van der Waals surface area contributed by atoms with E-state index in [0.717, 1.165) is 0 Å². The summed E-state index contributed by atoms with van der Waals surface area (Å²) in [5, 5.41) is 6.46. The Balaban J connectivity index is 3.72. The minimum atomic E-state index is -0.153. The predicted octanol–water partition coefficient (Wildman–Crippen LogP) is 2.65. The van der Waals surface area contributed by atoms with Crippen LogP contribution in [0.4, 0.5) is 0 Å². The van der Waals surface area contributed by atoms with Gasteiger partial charge in [-0.3, -0.25) is 14.4 Å². The lowest BCUT2D eigenvalue weighted by molar-refractivity contribution is -0.126. The first-order valence-corrected chi connectivity index (χ1v) is 6.17. The van der Waals surface area contributed by atoms with Crippen molar-refractivity contribution in [2.45, 2.75) is 38.5 Å². The van der Waals surface area contributed by atoms with Crippen molar-refractivity contribution in [3.05, 3.63) is 20.9 Å². The molecular weight excluding hydrogens is 264 g/mol. The average molecular weight is 280 g/mol. The summed E-state index contributed by atoms with van der Waals surface area (Å²) < 4.78 is 0. The van der Waals surface area contributed by atoms with Gasteiger partial charge in [-0.25, -0.2) is 0 Å². The van der Waals surface area contributed by atoms with Crippen molar-refractivity contribution >= 4 is 17.3 Å². The Hall–Kier alpha value is -2.37. The van der Waals surface area contributed by atoms with E-state index in [1.54, 1.807) is 0 Å². The largest absolute Gasteiger partial charge is 0.300 e. The number of carbonyl (C=O) groups is 3. The maximum Gasteiger partial charge on any atom is 0.133 e. The normalized spacial score (nSPS) is 9.20. The highest BCUT2D eigenvalue weighted by molar-refractivity contribution is 5.89. The molecule has 0 spiro atoms. The van der Waals surface area contributed by atoms with Gasteiger partial charge in [0.1, 0.15) is 17.3 Å². The summed E-state index contributed by atoms with van der Waals surface area (Å²) in [6, 6.07) is 0. The standard InChI is InChI=1S/C11H16N6O3/c12-16-14-7-5-10(19)3-1-9(18)2-4-11(20)6-8-15-17-13/h1-8H2. The second-order valence-electron chi connectivity index (χ2n) is 4.02. The molecule has 0 bridgehead atoms. The van der Waals surface area contributed by atoms with Gasteiger partial charge in [-0.05, 0) is 11.1 Å². The number of hydrogen-bond acceptors (Lipinski definition) is 5. The molecule has 0 N–H and O–H groups in total. The number of Topliss-reactive ketones (excluding diaryl/α,β-unsaturated/α-hetero) is 3. The van der Waals surface area contributed by atoms with E-state index in [0.29, 0.717) is 0 Å². The van der Waals surface area contributed by atoms with Gasteiger partial charge < -0.3 is 0 Å². The highest BCUT2D eigenvalue weighted by Crippen LogP contribution is 2.04. The Morgan fingerprint density at radius 1 is 0.650 bits per heavy atom. The molecule has 0 aliphatic rings. The van der Waals surface area contributed by atoms with Crippen LogP contribution in [0.1, 0.15) is 38.5 Å². The molecule has 0 fully saturated rings. The van der Waals surface area contributed by atoms with E-state index in [1.807, 2.05) is 0 Å². The van der Waals surface area contributed by atoms with Gasteiger partial charge in [0, 0.05) is 61.4 Å². The zero-order valence-corrected chi connectivity index (χ0v) is 11.1. The molecule has 0 unspecified atom stereocenters. The summed E-state index contributed by atoms with van der Waals surface area (Å²) in [4.78, 5) is 39.1. The number of ketones is 3. The van der Waals surface area contributed by atoms with E-state index < -0.39 is 0 Å². The molecule has 0 rings (SSSR count). The van der Waals surface area contributed by atoms with Crippen LogP contribution >= 0.6 is 0 Å². The van der Waals surface area contributed by atoms with Crippen molar-refractivity contribution in [2.24, 2.45) is 10.2 Å². The van der Waals surface area contributed by atoms with Gasteiger partial charge in [0.15, 0.2) is 0 Å². The fourth-order valence-corrected chi connectivity index (χ4v) is 1.37. The zero-order valence-electron chi connectivity index (χ0n) is 11.1. The van der Waals surface area contributed by atoms with Gasteiger partial charge >= 0.3 is 0 Å². The quantitative estimate of drug-likeness (QED) is 0.307. The average Bonchev–Trinajstić information content (AvgIpc) is 2.43. The van der Waals surface area contributed by atoms with E-state index in [9.17, 15) is 14.4 Å². The van der Waals surface area contributed by atoms with Gasteiger partial charge in [0.05, 0.1) is 0 Å². The maximum absolute atomic E-state index is 11.4. The molecule has 0 aliphatic heterocycles. The van der Waals surface area contributed by atoms with Gasteiger partial charge in [0.25, 0.3) is 0 Å². The van der Waals surface area contributed by atoms with Crippen molar-refractivity contribution in [1.82, 2.24) is 0 Å². The number of rotatable bonds is 12. The van der Waals surface area contributed by atoms with E-state index in [4.69, 9.17) is 11.1 Å². The number of nitrogens with zero attached hydrogens (tertiary/aromatic N) is 6. The molecular formula is C11H16N6O3. The van der Waals surface area contributed by atoms with Crippen molar-refractivity contribution in [2.75, 3.05) is 13.1 Å². The molecule has 0 atom stereocenters. The van der Waals surface area contributed by atoms with Gasteiger partial charge in [-0.2, -0.15) is 0 Å². The van der Waals surface area contributed by atoms with E-state index >= 15 is 0 Å². The third kappa shape index (κ3) is 10.8. The summed E-state index contributed by atoms with van der Waals surface area (Å²) in [5.41, 5.74) is 16.1.